The monoisotopic (exact) mass is 546 g/mol. The first-order chi connectivity index (χ1) is 19.4. The molecule has 0 unspecified atom stereocenters. The lowest BCUT2D eigenvalue weighted by Crippen LogP contribution is -2.36. The first-order valence-corrected chi connectivity index (χ1v) is 14.7. The Morgan fingerprint density at radius 2 is 1.57 bits per heavy atom. The molecule has 1 aromatic heterocycles. The van der Waals surface area contributed by atoms with Crippen molar-refractivity contribution in [3.63, 3.8) is 0 Å². The smallest absolute Gasteiger partial charge is 0.229 e. The zero-order valence-electron chi connectivity index (χ0n) is 24.3. The number of aromatic nitrogens is 1. The van der Waals surface area contributed by atoms with Crippen molar-refractivity contribution < 1.29 is 19.0 Å². The van der Waals surface area contributed by atoms with Gasteiger partial charge >= 0.3 is 0 Å². The molecule has 0 atom stereocenters. The second-order valence-corrected chi connectivity index (χ2v) is 11.0. The number of nitrogens with one attached hydrogen (secondary N) is 2. The Hall–Kier alpha value is -3.52. The molecule has 1 aliphatic heterocycles. The lowest BCUT2D eigenvalue weighted by molar-refractivity contribution is -0.645. The van der Waals surface area contributed by atoms with Gasteiger partial charge in [-0.15, -0.1) is 0 Å². The normalized spacial score (nSPS) is 13.5. The van der Waals surface area contributed by atoms with Gasteiger partial charge in [-0.2, -0.15) is 4.57 Å². The molecule has 2 N–H and O–H groups in total. The summed E-state index contributed by atoms with van der Waals surface area (Å²) >= 11 is 0. The summed E-state index contributed by atoms with van der Waals surface area (Å²) < 4.78 is 2.44. The molecule has 40 heavy (non-hydrogen) atoms. The molecule has 1 aliphatic rings. The Morgan fingerprint density at radius 3 is 2.30 bits per heavy atom. The highest BCUT2D eigenvalue weighted by Crippen LogP contribution is 2.24. The molecule has 2 aromatic carbocycles. The minimum Gasteiger partial charge on any atom is -0.377 e. The third-order valence-electron chi connectivity index (χ3n) is 7.72. The van der Waals surface area contributed by atoms with Gasteiger partial charge in [-0.25, -0.2) is 0 Å². The molecule has 0 saturated carbocycles. The van der Waals surface area contributed by atoms with Crippen molar-refractivity contribution in [1.82, 2.24) is 15.5 Å². The molecule has 214 valence electrons. The number of unbranched alkanes of at least 4 members (excludes halogenated alkanes) is 4. The largest absolute Gasteiger partial charge is 0.377 e. The van der Waals surface area contributed by atoms with E-state index in [-0.39, 0.29) is 17.7 Å². The molecule has 2 heterocycles. The SMILES string of the molecule is CNCc1ccc2cc3ccc(N(C)C)cc3[n+](CCCCCC(=O)NCCCCCN3C(=O)CCC3=O)c2c1. The first-order valence-electron chi connectivity index (χ1n) is 14.7. The Morgan fingerprint density at radius 1 is 0.875 bits per heavy atom. The first kappa shape index (κ1) is 29.5. The van der Waals surface area contributed by atoms with Crippen LogP contribution >= 0.6 is 0 Å². The number of rotatable bonds is 15. The van der Waals surface area contributed by atoms with Crippen LogP contribution in [0.5, 0.6) is 0 Å². The second kappa shape index (κ2) is 14.2. The van der Waals surface area contributed by atoms with Crippen LogP contribution in [0.2, 0.25) is 0 Å². The van der Waals surface area contributed by atoms with E-state index in [9.17, 15) is 14.4 Å². The predicted molar refractivity (Wildman–Crippen MR) is 160 cm³/mol. The molecule has 0 aliphatic carbocycles. The minimum atomic E-state index is -0.0535. The van der Waals surface area contributed by atoms with E-state index in [1.54, 1.807) is 0 Å². The molecule has 3 amide bonds. The molecule has 0 radical (unpaired) electrons. The predicted octanol–water partition coefficient (Wildman–Crippen LogP) is 4.06. The minimum absolute atomic E-state index is 0.0535. The number of nitrogens with zero attached hydrogens (tertiary/aromatic N) is 3. The van der Waals surface area contributed by atoms with E-state index >= 15 is 0 Å². The fourth-order valence-electron chi connectivity index (χ4n) is 5.46. The van der Waals surface area contributed by atoms with Crippen LogP contribution in [-0.2, 0) is 27.5 Å². The number of likely N-dealkylation sites (tertiary alicyclic amines) is 1. The van der Waals surface area contributed by atoms with Crippen molar-refractivity contribution in [1.29, 1.82) is 0 Å². The summed E-state index contributed by atoms with van der Waals surface area (Å²) in [6.07, 6.45) is 6.62. The summed E-state index contributed by atoms with van der Waals surface area (Å²) in [6.45, 7) is 2.88. The maximum absolute atomic E-state index is 12.3. The van der Waals surface area contributed by atoms with Crippen LogP contribution in [0.15, 0.2) is 42.5 Å². The fraction of sp³-hybridized carbons (Fsp3) is 0.500. The molecular formula is C32H44N5O3+. The number of carbonyl (C=O) groups excluding carboxylic acids is 3. The van der Waals surface area contributed by atoms with Gasteiger partial charge in [-0.3, -0.25) is 19.3 Å². The molecule has 3 aromatic rings. The van der Waals surface area contributed by atoms with Gasteiger partial charge in [0, 0.05) is 88.0 Å². The lowest BCUT2D eigenvalue weighted by atomic mass is 10.1. The number of hydrogen-bond donors (Lipinski definition) is 2. The molecule has 1 saturated heterocycles. The highest BCUT2D eigenvalue weighted by atomic mass is 16.2. The Balaban J connectivity index is 1.26. The summed E-state index contributed by atoms with van der Waals surface area (Å²) in [5, 5.41) is 8.75. The van der Waals surface area contributed by atoms with Crippen molar-refractivity contribution in [2.24, 2.45) is 0 Å². The highest BCUT2D eigenvalue weighted by Gasteiger charge is 2.27. The molecule has 8 heteroatoms. The van der Waals surface area contributed by atoms with E-state index in [1.807, 2.05) is 7.05 Å². The van der Waals surface area contributed by atoms with Crippen LogP contribution in [0, 0.1) is 0 Å². The number of imide groups is 1. The second-order valence-electron chi connectivity index (χ2n) is 11.0. The number of aryl methyl sites for hydroxylation is 1. The summed E-state index contributed by atoms with van der Waals surface area (Å²) in [4.78, 5) is 39.2. The average molecular weight is 547 g/mol. The van der Waals surface area contributed by atoms with Crippen molar-refractivity contribution in [3.05, 3.63) is 48.0 Å². The summed E-state index contributed by atoms with van der Waals surface area (Å²) in [7, 11) is 6.11. The number of benzene rings is 2. The number of amides is 3. The van der Waals surface area contributed by atoms with E-state index in [2.05, 4.69) is 76.7 Å². The van der Waals surface area contributed by atoms with Gasteiger partial charge in [-0.05, 0) is 69.0 Å². The molecule has 1 fully saturated rings. The maximum Gasteiger partial charge on any atom is 0.229 e. The van der Waals surface area contributed by atoms with Gasteiger partial charge in [-0.1, -0.05) is 6.07 Å². The molecular weight excluding hydrogens is 502 g/mol. The van der Waals surface area contributed by atoms with Gasteiger partial charge in [0.1, 0.15) is 6.54 Å². The van der Waals surface area contributed by atoms with Gasteiger partial charge in [0.15, 0.2) is 0 Å². The molecule has 0 spiro atoms. The van der Waals surface area contributed by atoms with Crippen LogP contribution in [0.4, 0.5) is 5.69 Å². The lowest BCUT2D eigenvalue weighted by Gasteiger charge is -2.14. The van der Waals surface area contributed by atoms with Gasteiger partial charge in [0.2, 0.25) is 28.8 Å². The maximum atomic E-state index is 12.3. The van der Waals surface area contributed by atoms with Crippen molar-refractivity contribution >= 4 is 45.2 Å². The van der Waals surface area contributed by atoms with Crippen molar-refractivity contribution in [2.75, 3.05) is 39.1 Å². The summed E-state index contributed by atoms with van der Waals surface area (Å²) in [5.74, 6) is -0.00936. The topological polar surface area (TPSA) is 85.6 Å². The van der Waals surface area contributed by atoms with E-state index in [1.165, 1.54) is 38.0 Å². The van der Waals surface area contributed by atoms with Gasteiger partial charge in [0.25, 0.3) is 0 Å². The van der Waals surface area contributed by atoms with Crippen molar-refractivity contribution in [3.8, 4) is 0 Å². The highest BCUT2D eigenvalue weighted by molar-refractivity contribution is 6.01. The average Bonchev–Trinajstić information content (AvgIpc) is 3.26. The number of fused-ring (bicyclic) bond motifs is 2. The Bertz CT molecular complexity index is 1340. The van der Waals surface area contributed by atoms with E-state index < -0.39 is 0 Å². The van der Waals surface area contributed by atoms with Crippen LogP contribution in [-0.4, -0.2) is 56.9 Å². The molecule has 8 nitrogen and oxygen atoms in total. The number of pyridine rings is 1. The summed E-state index contributed by atoms with van der Waals surface area (Å²) in [5.41, 5.74) is 4.92. The zero-order valence-corrected chi connectivity index (χ0v) is 24.3. The fourth-order valence-corrected chi connectivity index (χ4v) is 5.46. The summed E-state index contributed by atoms with van der Waals surface area (Å²) in [6, 6.07) is 15.6. The quantitative estimate of drug-likeness (QED) is 0.130. The third-order valence-corrected chi connectivity index (χ3v) is 7.72. The van der Waals surface area contributed by atoms with Gasteiger partial charge in [0.05, 0.1) is 0 Å². The van der Waals surface area contributed by atoms with Gasteiger partial charge < -0.3 is 15.5 Å². The van der Waals surface area contributed by atoms with Crippen LogP contribution in [0.25, 0.3) is 21.8 Å². The van der Waals surface area contributed by atoms with Crippen LogP contribution < -0.4 is 20.1 Å². The van der Waals surface area contributed by atoms with Crippen LogP contribution in [0.3, 0.4) is 0 Å². The van der Waals surface area contributed by atoms with E-state index in [4.69, 9.17) is 0 Å². The van der Waals surface area contributed by atoms with Crippen molar-refractivity contribution in [2.45, 2.75) is 70.9 Å². The standard InChI is InChI=1S/C32H43N5O3/c1-33-23-24-11-12-25-21-26-13-14-27(35(2)3)22-29(26)36(28(25)20-24)18-8-4-6-10-30(38)34-17-7-5-9-19-37-31(39)15-16-32(37)40/h11-14,20-22,33H,4-10,15-19,23H2,1-3H3/p+1. The Kier molecular flexibility index (Phi) is 10.5. The van der Waals surface area contributed by atoms with E-state index in [0.29, 0.717) is 32.4 Å². The Labute approximate surface area is 237 Å². The molecule has 0 bridgehead atoms. The zero-order chi connectivity index (χ0) is 28.5. The number of carbonyl (C=O) groups is 3. The third kappa shape index (κ3) is 7.56. The van der Waals surface area contributed by atoms with E-state index in [0.717, 1.165) is 51.6 Å². The van der Waals surface area contributed by atoms with Crippen LogP contribution in [0.1, 0.15) is 63.4 Å². The number of anilines is 1. The number of hydrogen-bond acceptors (Lipinski definition) is 5. The molecule has 4 rings (SSSR count).